The van der Waals surface area contributed by atoms with E-state index in [4.69, 9.17) is 0 Å². The highest BCUT2D eigenvalue weighted by atomic mass is 79.9. The van der Waals surface area contributed by atoms with Crippen molar-refractivity contribution < 1.29 is 13.2 Å². The molecule has 1 amide bonds. The number of sulfonamides is 1. The summed E-state index contributed by atoms with van der Waals surface area (Å²) in [6.45, 7) is 2.04. The summed E-state index contributed by atoms with van der Waals surface area (Å²) in [5.74, 6) is -0.237. The van der Waals surface area contributed by atoms with E-state index in [0.717, 1.165) is 4.47 Å². The summed E-state index contributed by atoms with van der Waals surface area (Å²) in [6.07, 6.45) is 0. The van der Waals surface area contributed by atoms with Crippen LogP contribution in [0.5, 0.6) is 0 Å². The highest BCUT2D eigenvalue weighted by Crippen LogP contribution is 2.24. The monoisotopic (exact) mass is 388 g/mol. The fraction of sp³-hybridized carbons (Fsp3) is 0.154. The molecule has 0 atom stereocenters. The molecule has 0 spiro atoms. The molecule has 0 radical (unpaired) electrons. The van der Waals surface area contributed by atoms with Gasteiger partial charge in [-0.25, -0.2) is 13.1 Å². The van der Waals surface area contributed by atoms with E-state index >= 15 is 0 Å². The minimum absolute atomic E-state index is 0.166. The Morgan fingerprint density at radius 3 is 2.43 bits per heavy atom. The maximum atomic E-state index is 12.0. The zero-order chi connectivity index (χ0) is 15.5. The van der Waals surface area contributed by atoms with Gasteiger partial charge in [-0.1, -0.05) is 6.92 Å². The molecule has 1 heterocycles. The van der Waals surface area contributed by atoms with E-state index in [1.165, 1.54) is 23.5 Å². The largest absolute Gasteiger partial charge is 0.321 e. The molecule has 8 heteroatoms. The number of nitrogens with one attached hydrogen (secondary N) is 2. The quantitative estimate of drug-likeness (QED) is 0.826. The van der Waals surface area contributed by atoms with E-state index in [1.807, 2.05) is 5.38 Å². The molecule has 0 unspecified atom stereocenters. The van der Waals surface area contributed by atoms with Gasteiger partial charge in [-0.15, -0.1) is 11.3 Å². The van der Waals surface area contributed by atoms with E-state index in [0.29, 0.717) is 17.1 Å². The number of carbonyl (C=O) groups is 1. The summed E-state index contributed by atoms with van der Waals surface area (Å²) in [5, 5.41) is 4.53. The molecule has 5 nitrogen and oxygen atoms in total. The molecule has 112 valence electrons. The molecule has 21 heavy (non-hydrogen) atoms. The van der Waals surface area contributed by atoms with Crippen molar-refractivity contribution in [2.45, 2.75) is 11.8 Å². The smallest absolute Gasteiger partial charge is 0.266 e. The molecular formula is C13H13BrN2O3S2. The van der Waals surface area contributed by atoms with Gasteiger partial charge >= 0.3 is 0 Å². The summed E-state index contributed by atoms with van der Waals surface area (Å²) in [7, 11) is -3.47. The minimum atomic E-state index is -3.47. The first-order valence-corrected chi connectivity index (χ1v) is 9.23. The van der Waals surface area contributed by atoms with Gasteiger partial charge in [0.05, 0.1) is 4.90 Å². The van der Waals surface area contributed by atoms with E-state index in [1.54, 1.807) is 25.1 Å². The second-order valence-corrected chi connectivity index (χ2v) is 7.61. The molecule has 0 fully saturated rings. The van der Waals surface area contributed by atoms with E-state index in [-0.39, 0.29) is 10.8 Å². The number of benzene rings is 1. The molecule has 0 saturated carbocycles. The van der Waals surface area contributed by atoms with Crippen LogP contribution in [0.25, 0.3) is 0 Å². The van der Waals surface area contributed by atoms with Gasteiger partial charge in [0.1, 0.15) is 4.88 Å². The third-order valence-corrected chi connectivity index (χ3v) is 5.98. The fourth-order valence-corrected chi connectivity index (χ4v) is 4.12. The number of carbonyl (C=O) groups excluding carboxylic acids is 1. The van der Waals surface area contributed by atoms with Crippen LogP contribution in [0.15, 0.2) is 45.1 Å². The molecule has 1 aromatic carbocycles. The third kappa shape index (κ3) is 3.91. The van der Waals surface area contributed by atoms with Crippen LogP contribution in [0.1, 0.15) is 16.6 Å². The van der Waals surface area contributed by atoms with Crippen molar-refractivity contribution in [3.8, 4) is 0 Å². The van der Waals surface area contributed by atoms with Gasteiger partial charge in [-0.2, -0.15) is 0 Å². The standard InChI is InChI=1S/C13H13BrN2O3S2/c1-2-15-21(18,19)10-5-3-9(4-6-10)16-13(17)12-11(14)7-8-20-12/h3-8,15H,2H2,1H3,(H,16,17). The Kier molecular flexibility index (Phi) is 5.15. The van der Waals surface area contributed by atoms with Crippen LogP contribution < -0.4 is 10.0 Å². The summed E-state index contributed by atoms with van der Waals surface area (Å²) in [4.78, 5) is 12.8. The number of anilines is 1. The fourth-order valence-electron chi connectivity index (χ4n) is 1.63. The van der Waals surface area contributed by atoms with E-state index in [2.05, 4.69) is 26.0 Å². The zero-order valence-corrected chi connectivity index (χ0v) is 14.3. The van der Waals surface area contributed by atoms with Crippen molar-refractivity contribution in [3.63, 3.8) is 0 Å². The van der Waals surface area contributed by atoms with Crippen molar-refractivity contribution in [2.24, 2.45) is 0 Å². The Balaban J connectivity index is 2.13. The molecule has 1 aromatic heterocycles. The highest BCUT2D eigenvalue weighted by Gasteiger charge is 2.14. The molecule has 0 aliphatic heterocycles. The average Bonchev–Trinajstić information content (AvgIpc) is 2.85. The molecule has 0 saturated heterocycles. The molecule has 2 N–H and O–H groups in total. The van der Waals surface area contributed by atoms with Crippen molar-refractivity contribution in [1.82, 2.24) is 4.72 Å². The van der Waals surface area contributed by atoms with Crippen LogP contribution in [-0.2, 0) is 10.0 Å². The van der Waals surface area contributed by atoms with Gasteiger partial charge in [-0.3, -0.25) is 4.79 Å². The molecule has 2 rings (SSSR count). The number of thiophene rings is 1. The lowest BCUT2D eigenvalue weighted by Gasteiger charge is -2.07. The van der Waals surface area contributed by atoms with Crippen LogP contribution in [0.3, 0.4) is 0 Å². The molecule has 2 aromatic rings. The van der Waals surface area contributed by atoms with Gasteiger partial charge in [-0.05, 0) is 51.6 Å². The molecular weight excluding hydrogens is 376 g/mol. The minimum Gasteiger partial charge on any atom is -0.321 e. The van der Waals surface area contributed by atoms with Crippen LogP contribution >= 0.6 is 27.3 Å². The van der Waals surface area contributed by atoms with Crippen molar-refractivity contribution in [3.05, 3.63) is 45.1 Å². The number of hydrogen-bond acceptors (Lipinski definition) is 4. The molecule has 0 bridgehead atoms. The summed E-state index contributed by atoms with van der Waals surface area (Å²) >= 11 is 4.62. The van der Waals surface area contributed by atoms with Gasteiger partial charge < -0.3 is 5.32 Å². The van der Waals surface area contributed by atoms with Gasteiger partial charge in [0.25, 0.3) is 5.91 Å². The number of rotatable bonds is 5. The lowest BCUT2D eigenvalue weighted by atomic mass is 10.3. The maximum absolute atomic E-state index is 12.0. The first kappa shape index (κ1) is 16.2. The predicted octanol–water partition coefficient (Wildman–Crippen LogP) is 3.06. The lowest BCUT2D eigenvalue weighted by molar-refractivity contribution is 0.103. The summed E-state index contributed by atoms with van der Waals surface area (Å²) < 4.78 is 26.7. The first-order valence-electron chi connectivity index (χ1n) is 6.08. The summed E-state index contributed by atoms with van der Waals surface area (Å²) in [6, 6.07) is 7.83. The highest BCUT2D eigenvalue weighted by molar-refractivity contribution is 9.10. The first-order chi connectivity index (χ1) is 9.94. The molecule has 0 aliphatic rings. The van der Waals surface area contributed by atoms with Gasteiger partial charge in [0.15, 0.2) is 0 Å². The normalized spacial score (nSPS) is 11.3. The Morgan fingerprint density at radius 2 is 1.90 bits per heavy atom. The predicted molar refractivity (Wildman–Crippen MR) is 87.3 cm³/mol. The average molecular weight is 389 g/mol. The van der Waals surface area contributed by atoms with Gasteiger partial charge in [0, 0.05) is 16.7 Å². The zero-order valence-electron chi connectivity index (χ0n) is 11.1. The topological polar surface area (TPSA) is 75.3 Å². The third-order valence-electron chi connectivity index (χ3n) is 2.58. The van der Waals surface area contributed by atoms with E-state index in [9.17, 15) is 13.2 Å². The van der Waals surface area contributed by atoms with Crippen LogP contribution in [0, 0.1) is 0 Å². The van der Waals surface area contributed by atoms with Crippen molar-refractivity contribution >= 4 is 48.9 Å². The number of hydrogen-bond donors (Lipinski definition) is 2. The van der Waals surface area contributed by atoms with Crippen molar-refractivity contribution in [2.75, 3.05) is 11.9 Å². The lowest BCUT2D eigenvalue weighted by Crippen LogP contribution is -2.23. The number of halogens is 1. The van der Waals surface area contributed by atoms with Crippen LogP contribution in [-0.4, -0.2) is 20.9 Å². The van der Waals surface area contributed by atoms with Crippen LogP contribution in [0.4, 0.5) is 5.69 Å². The second-order valence-electron chi connectivity index (χ2n) is 4.08. The number of amides is 1. The Bertz CT molecular complexity index is 739. The van der Waals surface area contributed by atoms with E-state index < -0.39 is 10.0 Å². The second kappa shape index (κ2) is 6.69. The SMILES string of the molecule is CCNS(=O)(=O)c1ccc(NC(=O)c2sccc2Br)cc1. The maximum Gasteiger partial charge on any atom is 0.266 e. The Hall–Kier alpha value is -1.22. The summed E-state index contributed by atoms with van der Waals surface area (Å²) in [5.41, 5.74) is 0.538. The van der Waals surface area contributed by atoms with Crippen molar-refractivity contribution in [1.29, 1.82) is 0 Å². The van der Waals surface area contributed by atoms with Crippen LogP contribution in [0.2, 0.25) is 0 Å². The Morgan fingerprint density at radius 1 is 1.24 bits per heavy atom. The molecule has 0 aliphatic carbocycles. The Labute approximate surface area is 135 Å². The van der Waals surface area contributed by atoms with Gasteiger partial charge in [0.2, 0.25) is 10.0 Å².